The van der Waals surface area contributed by atoms with E-state index in [1.807, 2.05) is 0 Å². The zero-order valence-electron chi connectivity index (χ0n) is 5.99. The molecular weight excluding hydrogens is 168 g/mol. The second kappa shape index (κ2) is 2.91. The summed E-state index contributed by atoms with van der Waals surface area (Å²) >= 11 is 0. The maximum atomic E-state index is 10.7. The van der Waals surface area contributed by atoms with Crippen LogP contribution in [-0.4, -0.2) is 24.0 Å². The quantitative estimate of drug-likeness (QED) is 0.589. The van der Waals surface area contributed by atoms with E-state index in [0.29, 0.717) is 19.3 Å². The van der Waals surface area contributed by atoms with Gasteiger partial charge in [-0.3, -0.25) is 9.35 Å². The van der Waals surface area contributed by atoms with Gasteiger partial charge in [-0.1, -0.05) is 0 Å². The van der Waals surface area contributed by atoms with Gasteiger partial charge in [0.05, 0.1) is 5.25 Å². The molecule has 0 aliphatic heterocycles. The number of hydrogen-bond acceptors (Lipinski definition) is 3. The van der Waals surface area contributed by atoms with Gasteiger partial charge in [-0.25, -0.2) is 0 Å². The third-order valence-electron chi connectivity index (χ3n) is 1.86. The van der Waals surface area contributed by atoms with Gasteiger partial charge in [0.15, 0.2) is 0 Å². The minimum absolute atomic E-state index is 0.0150. The highest BCUT2D eigenvalue weighted by molar-refractivity contribution is 7.86. The Kier molecular flexibility index (Phi) is 2.29. The van der Waals surface area contributed by atoms with Crippen molar-refractivity contribution in [2.75, 3.05) is 0 Å². The molecule has 4 nitrogen and oxygen atoms in total. The Morgan fingerprint density at radius 3 is 2.45 bits per heavy atom. The minimum atomic E-state index is -3.98. The molecule has 0 spiro atoms. The summed E-state index contributed by atoms with van der Waals surface area (Å²) in [4.78, 5) is 10.7. The normalized spacial score (nSPS) is 27.0. The first-order valence-electron chi connectivity index (χ1n) is 3.48. The van der Waals surface area contributed by atoms with E-state index in [-0.39, 0.29) is 12.2 Å². The van der Waals surface area contributed by atoms with Gasteiger partial charge >= 0.3 is 0 Å². The minimum Gasteiger partial charge on any atom is -0.300 e. The molecule has 0 amide bonds. The number of carbonyl (C=O) groups is 1. The van der Waals surface area contributed by atoms with Crippen LogP contribution in [0.25, 0.3) is 0 Å². The topological polar surface area (TPSA) is 71.4 Å². The molecule has 0 aromatic rings. The summed E-state index contributed by atoms with van der Waals surface area (Å²) in [5.41, 5.74) is 0. The lowest BCUT2D eigenvalue weighted by molar-refractivity contribution is -0.120. The summed E-state index contributed by atoms with van der Waals surface area (Å²) in [6, 6.07) is 0. The smallest absolute Gasteiger partial charge is 0.268 e. The second-order valence-corrected chi connectivity index (χ2v) is 4.47. The standard InChI is InChI=1S/C6H10O4S/c7-5-2-1-3-6(4-5)11(8,9)10/h6H,1-4H2,(H,8,9,10)/t6-/m1/s1. The molecule has 64 valence electrons. The highest BCUT2D eigenvalue weighted by atomic mass is 32.2. The number of Topliss-reactive ketones (excluding diaryl/α,β-unsaturated/α-hetero) is 1. The average Bonchev–Trinajstić information content (AvgIpc) is 1.86. The van der Waals surface area contributed by atoms with Crippen LogP contribution in [0.15, 0.2) is 0 Å². The van der Waals surface area contributed by atoms with Crippen molar-refractivity contribution in [2.24, 2.45) is 0 Å². The van der Waals surface area contributed by atoms with Crippen LogP contribution in [-0.2, 0) is 14.9 Å². The fourth-order valence-electron chi connectivity index (χ4n) is 1.24. The fraction of sp³-hybridized carbons (Fsp3) is 0.833. The number of hydrogen-bond donors (Lipinski definition) is 1. The van der Waals surface area contributed by atoms with Crippen molar-refractivity contribution >= 4 is 15.9 Å². The predicted molar refractivity (Wildman–Crippen MR) is 38.8 cm³/mol. The molecule has 0 bridgehead atoms. The number of ketones is 1. The lowest BCUT2D eigenvalue weighted by atomic mass is 9.99. The predicted octanol–water partition coefficient (Wildman–Crippen LogP) is 0.386. The van der Waals surface area contributed by atoms with Gasteiger partial charge < -0.3 is 0 Å². The van der Waals surface area contributed by atoms with Crippen molar-refractivity contribution in [1.29, 1.82) is 0 Å². The summed E-state index contributed by atoms with van der Waals surface area (Å²) in [7, 11) is -3.98. The molecule has 5 heteroatoms. The lowest BCUT2D eigenvalue weighted by Gasteiger charge is -2.17. The van der Waals surface area contributed by atoms with E-state index in [9.17, 15) is 13.2 Å². The Morgan fingerprint density at radius 1 is 1.45 bits per heavy atom. The SMILES string of the molecule is O=C1CCC[C@@H](S(=O)(=O)O)C1. The summed E-state index contributed by atoms with van der Waals surface area (Å²) in [5.74, 6) is -0.0705. The zero-order chi connectivity index (χ0) is 8.48. The molecule has 0 unspecified atom stereocenters. The summed E-state index contributed by atoms with van der Waals surface area (Å²) in [6.45, 7) is 0. The molecule has 1 fully saturated rings. The van der Waals surface area contributed by atoms with Crippen molar-refractivity contribution in [3.63, 3.8) is 0 Å². The van der Waals surface area contributed by atoms with Gasteiger partial charge in [-0.15, -0.1) is 0 Å². The van der Waals surface area contributed by atoms with E-state index in [1.165, 1.54) is 0 Å². The van der Waals surface area contributed by atoms with Gasteiger partial charge in [0.2, 0.25) is 0 Å². The van der Waals surface area contributed by atoms with Crippen LogP contribution in [0, 0.1) is 0 Å². The van der Waals surface area contributed by atoms with Gasteiger partial charge in [0.25, 0.3) is 10.1 Å². The first kappa shape index (κ1) is 8.67. The summed E-state index contributed by atoms with van der Waals surface area (Å²) < 4.78 is 29.7. The Balaban J connectivity index is 2.68. The Bertz CT molecular complexity index is 254. The van der Waals surface area contributed by atoms with Crippen molar-refractivity contribution in [3.8, 4) is 0 Å². The van der Waals surface area contributed by atoms with Crippen LogP contribution in [0.3, 0.4) is 0 Å². The van der Waals surface area contributed by atoms with Crippen LogP contribution < -0.4 is 0 Å². The van der Waals surface area contributed by atoms with Crippen LogP contribution in [0.2, 0.25) is 0 Å². The van der Waals surface area contributed by atoms with Crippen LogP contribution in [0.5, 0.6) is 0 Å². The molecule has 0 heterocycles. The third-order valence-corrected chi connectivity index (χ3v) is 3.10. The van der Waals surface area contributed by atoms with E-state index >= 15 is 0 Å². The van der Waals surface area contributed by atoms with Gasteiger partial charge in [-0.2, -0.15) is 8.42 Å². The van der Waals surface area contributed by atoms with E-state index in [1.54, 1.807) is 0 Å². The molecule has 1 aliphatic rings. The highest BCUT2D eigenvalue weighted by Gasteiger charge is 2.28. The molecular formula is C6H10O4S. The van der Waals surface area contributed by atoms with E-state index in [0.717, 1.165) is 0 Å². The fourth-order valence-corrected chi connectivity index (χ4v) is 2.10. The first-order chi connectivity index (χ1) is 5.00. The molecule has 1 atom stereocenters. The van der Waals surface area contributed by atoms with Gasteiger partial charge in [0, 0.05) is 12.8 Å². The Hall–Kier alpha value is -0.420. The first-order valence-corrected chi connectivity index (χ1v) is 4.98. The van der Waals surface area contributed by atoms with Gasteiger partial charge in [-0.05, 0) is 12.8 Å². The van der Waals surface area contributed by atoms with E-state index < -0.39 is 15.4 Å². The van der Waals surface area contributed by atoms with Crippen LogP contribution in [0.1, 0.15) is 25.7 Å². The van der Waals surface area contributed by atoms with E-state index in [4.69, 9.17) is 4.55 Å². The zero-order valence-corrected chi connectivity index (χ0v) is 6.80. The number of carbonyl (C=O) groups excluding carboxylic acids is 1. The van der Waals surface area contributed by atoms with Crippen molar-refractivity contribution < 1.29 is 17.8 Å². The van der Waals surface area contributed by atoms with Gasteiger partial charge in [0.1, 0.15) is 5.78 Å². The molecule has 11 heavy (non-hydrogen) atoms. The maximum Gasteiger partial charge on any atom is 0.268 e. The van der Waals surface area contributed by atoms with Crippen molar-refractivity contribution in [1.82, 2.24) is 0 Å². The second-order valence-electron chi connectivity index (χ2n) is 2.77. The average molecular weight is 178 g/mol. The largest absolute Gasteiger partial charge is 0.300 e. The molecule has 1 N–H and O–H groups in total. The van der Waals surface area contributed by atoms with Crippen molar-refractivity contribution in [3.05, 3.63) is 0 Å². The maximum absolute atomic E-state index is 10.7. The lowest BCUT2D eigenvalue weighted by Crippen LogP contribution is -2.27. The molecule has 0 aromatic carbocycles. The Labute approximate surface area is 65.3 Å². The molecule has 0 radical (unpaired) electrons. The van der Waals surface area contributed by atoms with Crippen LogP contribution >= 0.6 is 0 Å². The monoisotopic (exact) mass is 178 g/mol. The Morgan fingerprint density at radius 2 is 2.09 bits per heavy atom. The van der Waals surface area contributed by atoms with Crippen molar-refractivity contribution in [2.45, 2.75) is 30.9 Å². The molecule has 1 rings (SSSR count). The van der Waals surface area contributed by atoms with E-state index in [2.05, 4.69) is 0 Å². The molecule has 0 saturated heterocycles. The summed E-state index contributed by atoms with van der Waals surface area (Å²) in [6.07, 6.45) is 1.42. The molecule has 1 aliphatic carbocycles. The molecule has 1 saturated carbocycles. The van der Waals surface area contributed by atoms with Crippen LogP contribution in [0.4, 0.5) is 0 Å². The number of rotatable bonds is 1. The third kappa shape index (κ3) is 2.27. The summed E-state index contributed by atoms with van der Waals surface area (Å²) in [5, 5.41) is -0.844. The highest BCUT2D eigenvalue weighted by Crippen LogP contribution is 2.20. The molecule has 0 aromatic heterocycles.